The van der Waals surface area contributed by atoms with Gasteiger partial charge in [-0.2, -0.15) is 0 Å². The Hall–Kier alpha value is -2.59. The summed E-state index contributed by atoms with van der Waals surface area (Å²) in [4.78, 5) is 36.4. The van der Waals surface area contributed by atoms with Crippen molar-refractivity contribution in [3.05, 3.63) is 78.9 Å². The van der Waals surface area contributed by atoms with Gasteiger partial charge in [-0.05, 0) is 36.0 Å². The molecule has 156 valence electrons. The minimum Gasteiger partial charge on any atom is -0.308 e. The lowest BCUT2D eigenvalue weighted by atomic mass is 10.2. The van der Waals surface area contributed by atoms with Crippen LogP contribution in [-0.2, 0) is 13.6 Å². The summed E-state index contributed by atoms with van der Waals surface area (Å²) in [5.74, 6) is 0. The summed E-state index contributed by atoms with van der Waals surface area (Å²) in [7, 11) is 1.56. The fourth-order valence-electron chi connectivity index (χ4n) is 3.25. The highest BCUT2D eigenvalue weighted by Gasteiger charge is 2.21. The number of aromatic nitrogens is 5. The molecular weight excluding hydrogens is 477 g/mol. The van der Waals surface area contributed by atoms with Crippen LogP contribution in [0.25, 0.3) is 21.4 Å². The van der Waals surface area contributed by atoms with Gasteiger partial charge in [-0.1, -0.05) is 41.4 Å². The number of hydrogen-bond acceptors (Lipinski definition) is 6. The van der Waals surface area contributed by atoms with Gasteiger partial charge in [-0.25, -0.2) is 14.8 Å². The monoisotopic (exact) mass is 489 g/mol. The zero-order valence-corrected chi connectivity index (χ0v) is 19.1. The van der Waals surface area contributed by atoms with E-state index in [0.29, 0.717) is 20.8 Å². The molecule has 0 saturated heterocycles. The molecule has 31 heavy (non-hydrogen) atoms. The predicted molar refractivity (Wildman–Crippen MR) is 125 cm³/mol. The van der Waals surface area contributed by atoms with Crippen molar-refractivity contribution < 1.29 is 0 Å². The normalized spacial score (nSPS) is 11.6. The second-order valence-electron chi connectivity index (χ2n) is 6.72. The number of imidazole rings is 1. The maximum atomic E-state index is 12.7. The van der Waals surface area contributed by atoms with Gasteiger partial charge in [0.05, 0.1) is 16.8 Å². The van der Waals surface area contributed by atoms with Crippen LogP contribution in [0, 0.1) is 0 Å². The van der Waals surface area contributed by atoms with Crippen molar-refractivity contribution in [2.45, 2.75) is 16.0 Å². The van der Waals surface area contributed by atoms with Crippen molar-refractivity contribution in [2.75, 3.05) is 0 Å². The summed E-state index contributed by atoms with van der Waals surface area (Å²) in [6.45, 7) is 0.212. The van der Waals surface area contributed by atoms with Gasteiger partial charge in [0.2, 0.25) is 0 Å². The molecule has 0 saturated carbocycles. The number of halogens is 2. The van der Waals surface area contributed by atoms with E-state index >= 15 is 0 Å². The van der Waals surface area contributed by atoms with Crippen LogP contribution in [0.1, 0.15) is 5.56 Å². The number of para-hydroxylation sites is 1. The van der Waals surface area contributed by atoms with Crippen LogP contribution >= 0.6 is 46.3 Å². The highest BCUT2D eigenvalue weighted by molar-refractivity contribution is 8.01. The SMILES string of the molecule is Cn1c(=O)[nH]c(=O)c2c1nc(Sc1nc3ccccc3s1)n2Cc1c(Cl)cccc1Cl. The number of nitrogens with one attached hydrogen (secondary N) is 1. The molecule has 0 atom stereocenters. The van der Waals surface area contributed by atoms with E-state index in [9.17, 15) is 9.59 Å². The molecule has 1 N–H and O–H groups in total. The number of benzene rings is 2. The van der Waals surface area contributed by atoms with E-state index in [1.807, 2.05) is 24.3 Å². The summed E-state index contributed by atoms with van der Waals surface area (Å²) in [5.41, 5.74) is 1.03. The largest absolute Gasteiger partial charge is 0.329 e. The molecule has 0 amide bonds. The summed E-state index contributed by atoms with van der Waals surface area (Å²) in [5, 5.41) is 1.47. The molecule has 5 rings (SSSR count). The first kappa shape index (κ1) is 20.3. The number of thiazole rings is 1. The molecule has 0 unspecified atom stereocenters. The minimum atomic E-state index is -0.533. The number of hydrogen-bond donors (Lipinski definition) is 1. The predicted octanol–water partition coefficient (Wildman–Crippen LogP) is 4.54. The van der Waals surface area contributed by atoms with E-state index in [0.717, 1.165) is 14.6 Å². The average Bonchev–Trinajstić information content (AvgIpc) is 3.30. The summed E-state index contributed by atoms with van der Waals surface area (Å²) >= 11 is 15.6. The highest BCUT2D eigenvalue weighted by Crippen LogP contribution is 2.36. The van der Waals surface area contributed by atoms with E-state index in [1.54, 1.807) is 29.8 Å². The van der Waals surface area contributed by atoms with Crippen LogP contribution < -0.4 is 11.2 Å². The third-order valence-electron chi connectivity index (χ3n) is 4.80. The van der Waals surface area contributed by atoms with Gasteiger partial charge in [0, 0.05) is 22.7 Å². The second-order valence-corrected chi connectivity index (χ2v) is 9.78. The van der Waals surface area contributed by atoms with Crippen molar-refractivity contribution >= 4 is 67.7 Å². The van der Waals surface area contributed by atoms with Crippen molar-refractivity contribution in [3.8, 4) is 0 Å². The quantitative estimate of drug-likeness (QED) is 0.400. The van der Waals surface area contributed by atoms with Crippen molar-refractivity contribution in [2.24, 2.45) is 7.05 Å². The van der Waals surface area contributed by atoms with Gasteiger partial charge in [0.15, 0.2) is 20.7 Å². The maximum Gasteiger partial charge on any atom is 0.329 e. The molecule has 0 fully saturated rings. The lowest BCUT2D eigenvalue weighted by Gasteiger charge is -2.11. The lowest BCUT2D eigenvalue weighted by molar-refractivity contribution is 0.728. The summed E-state index contributed by atoms with van der Waals surface area (Å²) in [6, 6.07) is 13.1. The standard InChI is InChI=1S/C20H13Cl2N5O2S2/c1-26-16-15(17(28)25-18(26)29)27(9-10-11(21)5-4-6-12(10)22)19(24-16)31-20-23-13-7-2-3-8-14(13)30-20/h2-8H,9H2,1H3,(H,25,28,29). The smallest absolute Gasteiger partial charge is 0.308 e. The Balaban J connectivity index is 1.72. The van der Waals surface area contributed by atoms with Crippen LogP contribution in [0.15, 0.2) is 61.5 Å². The third-order valence-corrected chi connectivity index (χ3v) is 7.60. The zero-order chi connectivity index (χ0) is 21.7. The molecule has 7 nitrogen and oxygen atoms in total. The van der Waals surface area contributed by atoms with Crippen LogP contribution in [0.3, 0.4) is 0 Å². The average molecular weight is 490 g/mol. The number of aryl methyl sites for hydroxylation is 1. The van der Waals surface area contributed by atoms with Gasteiger partial charge in [0.1, 0.15) is 0 Å². The van der Waals surface area contributed by atoms with E-state index in [2.05, 4.69) is 15.0 Å². The molecule has 3 aromatic heterocycles. The van der Waals surface area contributed by atoms with E-state index in [-0.39, 0.29) is 17.7 Å². The van der Waals surface area contributed by atoms with Gasteiger partial charge in [-0.15, -0.1) is 11.3 Å². The summed E-state index contributed by atoms with van der Waals surface area (Å²) < 4.78 is 4.85. The highest BCUT2D eigenvalue weighted by atomic mass is 35.5. The first-order valence-corrected chi connectivity index (χ1v) is 11.5. The Kier molecular flexibility index (Phi) is 5.13. The Morgan fingerprint density at radius 3 is 2.55 bits per heavy atom. The first-order valence-electron chi connectivity index (χ1n) is 9.08. The van der Waals surface area contributed by atoms with Gasteiger partial charge in [-0.3, -0.25) is 14.3 Å². The Morgan fingerprint density at radius 1 is 1.06 bits per heavy atom. The van der Waals surface area contributed by atoms with E-state index in [1.165, 1.54) is 27.7 Å². The van der Waals surface area contributed by atoms with Gasteiger partial charge < -0.3 is 4.57 Å². The van der Waals surface area contributed by atoms with Crippen molar-refractivity contribution in [1.29, 1.82) is 0 Å². The molecule has 0 bridgehead atoms. The number of H-pyrrole nitrogens is 1. The zero-order valence-electron chi connectivity index (χ0n) is 15.9. The molecule has 0 aliphatic carbocycles. The number of rotatable bonds is 4. The van der Waals surface area contributed by atoms with Crippen LogP contribution in [0.5, 0.6) is 0 Å². The fourth-order valence-corrected chi connectivity index (χ4v) is 5.83. The van der Waals surface area contributed by atoms with Crippen LogP contribution in [0.2, 0.25) is 10.0 Å². The molecular formula is C20H13Cl2N5O2S2. The van der Waals surface area contributed by atoms with Crippen molar-refractivity contribution in [1.82, 2.24) is 24.1 Å². The Morgan fingerprint density at radius 2 is 1.81 bits per heavy atom. The third kappa shape index (κ3) is 3.57. The topological polar surface area (TPSA) is 85.6 Å². The molecule has 5 aromatic rings. The molecule has 3 heterocycles. The van der Waals surface area contributed by atoms with Crippen molar-refractivity contribution in [3.63, 3.8) is 0 Å². The minimum absolute atomic E-state index is 0.212. The van der Waals surface area contributed by atoms with E-state index < -0.39 is 11.2 Å². The first-order chi connectivity index (χ1) is 14.9. The van der Waals surface area contributed by atoms with E-state index in [4.69, 9.17) is 23.2 Å². The number of nitrogens with zero attached hydrogens (tertiary/aromatic N) is 4. The van der Waals surface area contributed by atoms with Gasteiger partial charge >= 0.3 is 5.69 Å². The second kappa shape index (κ2) is 7.83. The molecule has 0 spiro atoms. The molecule has 0 aliphatic heterocycles. The maximum absolute atomic E-state index is 12.7. The molecule has 0 aliphatic rings. The van der Waals surface area contributed by atoms with Crippen LogP contribution in [-0.4, -0.2) is 24.1 Å². The molecule has 11 heteroatoms. The summed E-state index contributed by atoms with van der Waals surface area (Å²) in [6.07, 6.45) is 0. The Bertz CT molecular complexity index is 1530. The van der Waals surface area contributed by atoms with Gasteiger partial charge in [0.25, 0.3) is 5.56 Å². The Labute approximate surface area is 193 Å². The molecule has 0 radical (unpaired) electrons. The lowest BCUT2D eigenvalue weighted by Crippen LogP contribution is -2.29. The van der Waals surface area contributed by atoms with Crippen LogP contribution in [0.4, 0.5) is 0 Å². The fraction of sp³-hybridized carbons (Fsp3) is 0.100. The number of aromatic amines is 1. The molecule has 2 aromatic carbocycles. The number of fused-ring (bicyclic) bond motifs is 2.